The van der Waals surface area contributed by atoms with Crippen LogP contribution in [0.4, 0.5) is 5.82 Å². The molecule has 2 aromatic rings. The number of halogens is 1. The Morgan fingerprint density at radius 2 is 2.32 bits per heavy atom. The normalized spacial score (nSPS) is 21.4. The number of fused-ring (bicyclic) bond motifs is 1. The molecule has 0 bridgehead atoms. The molecular formula is C13H19BrN4S. The molecule has 2 aromatic heterocycles. The van der Waals surface area contributed by atoms with Crippen molar-refractivity contribution in [2.24, 2.45) is 0 Å². The average Bonchev–Trinajstić information content (AvgIpc) is 2.98. The fourth-order valence-electron chi connectivity index (χ4n) is 2.86. The molecule has 1 fully saturated rings. The highest BCUT2D eigenvalue weighted by atomic mass is 79.9. The van der Waals surface area contributed by atoms with Crippen LogP contribution in [0.2, 0.25) is 0 Å². The summed E-state index contributed by atoms with van der Waals surface area (Å²) in [4.78, 5) is 10.9. The quantitative estimate of drug-likeness (QED) is 0.801. The molecule has 0 saturated carbocycles. The second-order valence-electron chi connectivity index (χ2n) is 4.99. The van der Waals surface area contributed by atoms with E-state index in [1.165, 1.54) is 5.69 Å². The van der Waals surface area contributed by atoms with Gasteiger partial charge in [0.05, 0.1) is 5.69 Å². The van der Waals surface area contributed by atoms with Crippen LogP contribution in [0.25, 0.3) is 4.96 Å². The van der Waals surface area contributed by atoms with Gasteiger partial charge in [0.25, 0.3) is 0 Å². The van der Waals surface area contributed by atoms with Crippen molar-refractivity contribution < 1.29 is 0 Å². The van der Waals surface area contributed by atoms with Gasteiger partial charge < -0.3 is 4.90 Å². The summed E-state index contributed by atoms with van der Waals surface area (Å²) >= 11 is 5.31. The van der Waals surface area contributed by atoms with Gasteiger partial charge in [-0.25, -0.2) is 4.98 Å². The Kier molecular flexibility index (Phi) is 3.82. The van der Waals surface area contributed by atoms with E-state index in [-0.39, 0.29) is 0 Å². The summed E-state index contributed by atoms with van der Waals surface area (Å²) in [6.07, 6.45) is 2.11. The summed E-state index contributed by atoms with van der Waals surface area (Å²) in [5, 5.41) is 2.94. The zero-order chi connectivity index (χ0) is 13.4. The maximum Gasteiger partial charge on any atom is 0.195 e. The molecular weight excluding hydrogens is 324 g/mol. The maximum atomic E-state index is 4.81. The first kappa shape index (κ1) is 13.4. The minimum Gasteiger partial charge on any atom is -0.352 e. The van der Waals surface area contributed by atoms with Gasteiger partial charge in [0.1, 0.15) is 0 Å². The molecule has 0 aromatic carbocycles. The van der Waals surface area contributed by atoms with Crippen molar-refractivity contribution in [2.75, 3.05) is 31.1 Å². The lowest BCUT2D eigenvalue weighted by atomic mass is 10.2. The van der Waals surface area contributed by atoms with E-state index in [9.17, 15) is 0 Å². The molecule has 1 aliphatic heterocycles. The second kappa shape index (κ2) is 5.42. The molecule has 1 saturated heterocycles. The van der Waals surface area contributed by atoms with Gasteiger partial charge in [-0.1, -0.05) is 22.9 Å². The topological polar surface area (TPSA) is 23.8 Å². The number of hydrogen-bond acceptors (Lipinski definition) is 4. The van der Waals surface area contributed by atoms with Crippen molar-refractivity contribution in [1.29, 1.82) is 0 Å². The van der Waals surface area contributed by atoms with Crippen LogP contribution in [0.15, 0.2) is 11.6 Å². The highest BCUT2D eigenvalue weighted by Gasteiger charge is 2.26. The molecule has 1 atom stereocenters. The largest absolute Gasteiger partial charge is 0.352 e. The first-order valence-corrected chi connectivity index (χ1v) is 8.74. The Bertz CT molecular complexity index is 564. The fraction of sp³-hybridized carbons (Fsp3) is 0.615. The van der Waals surface area contributed by atoms with Crippen LogP contribution in [0.5, 0.6) is 0 Å². The Labute approximate surface area is 126 Å². The maximum absolute atomic E-state index is 4.81. The van der Waals surface area contributed by atoms with Crippen LogP contribution in [0.1, 0.15) is 19.5 Å². The van der Waals surface area contributed by atoms with Crippen LogP contribution in [0, 0.1) is 0 Å². The molecule has 0 aliphatic carbocycles. The Morgan fingerprint density at radius 3 is 3.00 bits per heavy atom. The van der Waals surface area contributed by atoms with Crippen LogP contribution < -0.4 is 4.90 Å². The van der Waals surface area contributed by atoms with E-state index in [2.05, 4.69) is 55.6 Å². The smallest absolute Gasteiger partial charge is 0.195 e. The molecule has 104 valence electrons. The summed E-state index contributed by atoms with van der Waals surface area (Å²) in [5.41, 5.74) is 1.27. The van der Waals surface area contributed by atoms with Crippen LogP contribution in [0.3, 0.4) is 0 Å². The van der Waals surface area contributed by atoms with Gasteiger partial charge >= 0.3 is 0 Å². The molecule has 0 amide bonds. The van der Waals surface area contributed by atoms with E-state index in [0.29, 0.717) is 6.04 Å². The zero-order valence-corrected chi connectivity index (χ0v) is 13.7. The molecule has 6 heteroatoms. The van der Waals surface area contributed by atoms with Gasteiger partial charge in [-0.05, 0) is 13.5 Å². The second-order valence-corrected chi connectivity index (χ2v) is 6.43. The number of piperazine rings is 1. The van der Waals surface area contributed by atoms with Crippen LogP contribution in [-0.2, 0) is 5.33 Å². The third-order valence-electron chi connectivity index (χ3n) is 3.94. The first-order valence-electron chi connectivity index (χ1n) is 6.74. The number of hydrogen-bond donors (Lipinski definition) is 0. The number of thiazole rings is 1. The van der Waals surface area contributed by atoms with Crippen molar-refractivity contribution in [1.82, 2.24) is 14.3 Å². The molecule has 3 rings (SSSR count). The SMILES string of the molecule is CCN1CCN(c2nc3sccn3c2CBr)CC1C. The van der Waals surface area contributed by atoms with Crippen molar-refractivity contribution in [2.45, 2.75) is 25.2 Å². The van der Waals surface area contributed by atoms with Gasteiger partial charge in [0, 0.05) is 42.6 Å². The zero-order valence-electron chi connectivity index (χ0n) is 11.3. The van der Waals surface area contributed by atoms with Crippen molar-refractivity contribution >= 4 is 38.0 Å². The molecule has 0 spiro atoms. The number of likely N-dealkylation sites (N-methyl/N-ethyl adjacent to an activating group) is 1. The standard InChI is InChI=1S/C13H19BrN4S/c1-3-16-4-5-17(9-10(16)2)12-11(8-14)18-6-7-19-13(18)15-12/h6-7,10H,3-5,8-9H2,1-2H3. The summed E-state index contributed by atoms with van der Waals surface area (Å²) in [7, 11) is 0. The highest BCUT2D eigenvalue weighted by molar-refractivity contribution is 9.08. The number of alkyl halides is 1. The molecule has 0 radical (unpaired) electrons. The number of rotatable bonds is 3. The van der Waals surface area contributed by atoms with Gasteiger partial charge in [-0.15, -0.1) is 11.3 Å². The lowest BCUT2D eigenvalue weighted by Gasteiger charge is -2.39. The number of nitrogens with zero attached hydrogens (tertiary/aromatic N) is 4. The van der Waals surface area contributed by atoms with Crippen LogP contribution >= 0.6 is 27.3 Å². The van der Waals surface area contributed by atoms with Crippen molar-refractivity contribution in [3.8, 4) is 0 Å². The van der Waals surface area contributed by atoms with E-state index >= 15 is 0 Å². The number of aromatic nitrogens is 2. The molecule has 0 N–H and O–H groups in total. The molecule has 19 heavy (non-hydrogen) atoms. The Morgan fingerprint density at radius 1 is 1.47 bits per heavy atom. The van der Waals surface area contributed by atoms with E-state index in [4.69, 9.17) is 4.98 Å². The van der Waals surface area contributed by atoms with E-state index in [0.717, 1.165) is 42.3 Å². The Hall–Kier alpha value is -0.590. The number of imidazole rings is 1. The minimum atomic E-state index is 0.599. The van der Waals surface area contributed by atoms with Gasteiger partial charge in [0.2, 0.25) is 0 Å². The van der Waals surface area contributed by atoms with E-state index in [1.807, 2.05) is 0 Å². The van der Waals surface area contributed by atoms with E-state index < -0.39 is 0 Å². The molecule has 1 aliphatic rings. The predicted molar refractivity (Wildman–Crippen MR) is 84.6 cm³/mol. The summed E-state index contributed by atoms with van der Waals surface area (Å²) in [5.74, 6) is 1.16. The van der Waals surface area contributed by atoms with Crippen molar-refractivity contribution in [3.05, 3.63) is 17.3 Å². The molecule has 1 unspecified atom stereocenters. The average molecular weight is 343 g/mol. The van der Waals surface area contributed by atoms with Gasteiger partial charge in [0.15, 0.2) is 10.8 Å². The first-order chi connectivity index (χ1) is 9.24. The number of anilines is 1. The predicted octanol–water partition coefficient (Wildman–Crippen LogP) is 2.82. The van der Waals surface area contributed by atoms with E-state index in [1.54, 1.807) is 11.3 Å². The summed E-state index contributed by atoms with van der Waals surface area (Å²) in [6.45, 7) is 8.95. The van der Waals surface area contributed by atoms with Gasteiger partial charge in [-0.3, -0.25) is 9.30 Å². The van der Waals surface area contributed by atoms with Gasteiger partial charge in [-0.2, -0.15) is 0 Å². The summed E-state index contributed by atoms with van der Waals surface area (Å²) in [6, 6.07) is 0.599. The third kappa shape index (κ3) is 2.30. The molecule has 3 heterocycles. The third-order valence-corrected chi connectivity index (χ3v) is 5.23. The molecule has 4 nitrogen and oxygen atoms in total. The fourth-order valence-corrected chi connectivity index (χ4v) is 4.10. The lowest BCUT2D eigenvalue weighted by Crippen LogP contribution is -2.52. The van der Waals surface area contributed by atoms with Crippen molar-refractivity contribution in [3.63, 3.8) is 0 Å². The lowest BCUT2D eigenvalue weighted by molar-refractivity contribution is 0.199. The Balaban J connectivity index is 1.90. The monoisotopic (exact) mass is 342 g/mol. The summed E-state index contributed by atoms with van der Waals surface area (Å²) < 4.78 is 2.20. The highest BCUT2D eigenvalue weighted by Crippen LogP contribution is 2.28. The minimum absolute atomic E-state index is 0.599. The van der Waals surface area contributed by atoms with Crippen LogP contribution in [-0.4, -0.2) is 46.5 Å².